The molecule has 18 heavy (non-hydrogen) atoms. The van der Waals surface area contributed by atoms with Gasteiger partial charge in [-0.3, -0.25) is 0 Å². The monoisotopic (exact) mass is 289 g/mol. The minimum Gasteiger partial charge on any atom is -0.408 e. The molecule has 0 radical (unpaired) electrons. The van der Waals surface area contributed by atoms with Crippen LogP contribution in [0, 0.1) is 0 Å². The Labute approximate surface area is 115 Å². The smallest absolute Gasteiger partial charge is 0.408 e. The summed E-state index contributed by atoms with van der Waals surface area (Å²) in [5.74, 6) is 0.278. The third-order valence-corrected chi connectivity index (χ3v) is 3.43. The summed E-state index contributed by atoms with van der Waals surface area (Å²) in [4.78, 5) is 15.7. The molecule has 2 rings (SSSR count). The highest BCUT2D eigenvalue weighted by Gasteiger charge is 2.22. The summed E-state index contributed by atoms with van der Waals surface area (Å²) in [6.07, 6.45) is 3.08. The highest BCUT2D eigenvalue weighted by molar-refractivity contribution is 6.41. The number of aromatic nitrogens is 1. The summed E-state index contributed by atoms with van der Waals surface area (Å²) in [6, 6.07) is 1.46. The summed E-state index contributed by atoms with van der Waals surface area (Å²) < 4.78 is 5.16. The molecule has 98 valence electrons. The fourth-order valence-corrected chi connectivity index (χ4v) is 2.00. The van der Waals surface area contributed by atoms with E-state index in [4.69, 9.17) is 27.9 Å². The molecule has 1 saturated heterocycles. The Kier molecular flexibility index (Phi) is 4.27. The number of ether oxygens (including phenoxy) is 1. The molecular weight excluding hydrogens is 277 g/mol. The zero-order valence-corrected chi connectivity index (χ0v) is 11.4. The lowest BCUT2D eigenvalue weighted by Gasteiger charge is -2.26. The number of hydrogen-bond acceptors (Lipinski definition) is 4. The molecule has 1 aromatic heterocycles. The minimum atomic E-state index is -0.461. The Morgan fingerprint density at radius 1 is 1.44 bits per heavy atom. The molecule has 1 aromatic rings. The lowest BCUT2D eigenvalue weighted by atomic mass is 10.4. The van der Waals surface area contributed by atoms with Crippen molar-refractivity contribution in [2.45, 2.75) is 12.8 Å². The number of hydrogen-bond donors (Lipinski definition) is 0. The molecular formula is C11H13Cl2N3O2. The van der Waals surface area contributed by atoms with Crippen LogP contribution in [0.1, 0.15) is 12.8 Å². The average molecular weight is 290 g/mol. The van der Waals surface area contributed by atoms with Crippen LogP contribution in [0.15, 0.2) is 12.3 Å². The van der Waals surface area contributed by atoms with E-state index in [9.17, 15) is 4.79 Å². The number of pyridine rings is 1. The lowest BCUT2D eigenvalue weighted by molar-refractivity contribution is 0.0353. The van der Waals surface area contributed by atoms with E-state index in [0.29, 0.717) is 0 Å². The van der Waals surface area contributed by atoms with Crippen LogP contribution in [-0.4, -0.2) is 41.2 Å². The first kappa shape index (κ1) is 13.4. The molecule has 0 aromatic carbocycles. The van der Waals surface area contributed by atoms with Crippen molar-refractivity contribution in [2.75, 3.05) is 20.1 Å². The first-order valence-electron chi connectivity index (χ1n) is 5.59. The molecule has 5 nitrogen and oxygen atoms in total. The van der Waals surface area contributed by atoms with E-state index in [0.717, 1.165) is 25.9 Å². The standard InChI is InChI=1S/C11H13Cl2N3O2/c1-15(16-4-2-3-5-16)11(17)18-8-6-9(12)10(13)14-7-8/h6-7H,2-5H2,1H3. The Hall–Kier alpha value is -1.04. The second kappa shape index (κ2) is 5.73. The lowest BCUT2D eigenvalue weighted by Crippen LogP contribution is -2.43. The summed E-state index contributed by atoms with van der Waals surface area (Å²) in [5.41, 5.74) is 0. The average Bonchev–Trinajstić information content (AvgIpc) is 2.86. The second-order valence-electron chi connectivity index (χ2n) is 4.00. The van der Waals surface area contributed by atoms with Gasteiger partial charge in [-0.1, -0.05) is 23.2 Å². The summed E-state index contributed by atoms with van der Waals surface area (Å²) in [7, 11) is 1.68. The van der Waals surface area contributed by atoms with Crippen molar-refractivity contribution in [1.82, 2.24) is 15.0 Å². The molecule has 0 atom stereocenters. The molecule has 0 spiro atoms. The predicted molar refractivity (Wildman–Crippen MR) is 68.9 cm³/mol. The Morgan fingerprint density at radius 3 is 2.72 bits per heavy atom. The van der Waals surface area contributed by atoms with Crippen molar-refractivity contribution in [3.05, 3.63) is 22.4 Å². The summed E-state index contributed by atoms with van der Waals surface area (Å²) in [5, 5.41) is 3.85. The topological polar surface area (TPSA) is 45.7 Å². The van der Waals surface area contributed by atoms with Gasteiger partial charge >= 0.3 is 6.09 Å². The van der Waals surface area contributed by atoms with Crippen molar-refractivity contribution in [2.24, 2.45) is 0 Å². The predicted octanol–water partition coefficient (Wildman–Crippen LogP) is 2.83. The van der Waals surface area contributed by atoms with E-state index in [1.807, 2.05) is 5.01 Å². The maximum atomic E-state index is 11.9. The highest BCUT2D eigenvalue weighted by atomic mass is 35.5. The van der Waals surface area contributed by atoms with E-state index < -0.39 is 6.09 Å². The van der Waals surface area contributed by atoms with Gasteiger partial charge in [0, 0.05) is 26.2 Å². The van der Waals surface area contributed by atoms with Crippen molar-refractivity contribution < 1.29 is 9.53 Å². The molecule has 1 aliphatic rings. The van der Waals surface area contributed by atoms with Gasteiger partial charge in [-0.15, -0.1) is 0 Å². The number of nitrogens with zero attached hydrogens (tertiary/aromatic N) is 3. The Bertz CT molecular complexity index is 450. The fourth-order valence-electron chi connectivity index (χ4n) is 1.74. The van der Waals surface area contributed by atoms with E-state index in [-0.39, 0.29) is 15.9 Å². The normalized spacial score (nSPS) is 15.7. The number of amides is 1. The Balaban J connectivity index is 1.99. The number of hydrazine groups is 1. The van der Waals surface area contributed by atoms with Gasteiger partial charge in [0.25, 0.3) is 0 Å². The molecule has 1 aliphatic heterocycles. The van der Waals surface area contributed by atoms with E-state index in [2.05, 4.69) is 4.98 Å². The summed E-state index contributed by atoms with van der Waals surface area (Å²) in [6.45, 7) is 1.73. The number of carbonyl (C=O) groups is 1. The van der Waals surface area contributed by atoms with Crippen molar-refractivity contribution in [3.8, 4) is 5.75 Å². The van der Waals surface area contributed by atoms with Gasteiger partial charge in [-0.05, 0) is 12.8 Å². The van der Waals surface area contributed by atoms with Crippen LogP contribution in [0.2, 0.25) is 10.2 Å². The maximum Gasteiger partial charge on any atom is 0.429 e. The first-order chi connectivity index (χ1) is 8.58. The number of halogens is 2. The quantitative estimate of drug-likeness (QED) is 0.786. The molecule has 0 unspecified atom stereocenters. The van der Waals surface area contributed by atoms with Gasteiger partial charge in [0.15, 0.2) is 5.75 Å². The molecule has 0 N–H and O–H groups in total. The molecule has 1 fully saturated rings. The molecule has 0 aliphatic carbocycles. The number of carbonyl (C=O) groups excluding carboxylic acids is 1. The fraction of sp³-hybridized carbons (Fsp3) is 0.455. The molecule has 0 bridgehead atoms. The molecule has 2 heterocycles. The van der Waals surface area contributed by atoms with Gasteiger partial charge < -0.3 is 4.74 Å². The van der Waals surface area contributed by atoms with Crippen LogP contribution in [0.3, 0.4) is 0 Å². The third-order valence-electron chi connectivity index (χ3n) is 2.75. The minimum absolute atomic E-state index is 0.185. The third kappa shape index (κ3) is 3.04. The van der Waals surface area contributed by atoms with Crippen molar-refractivity contribution >= 4 is 29.3 Å². The SMILES string of the molecule is CN(C(=O)Oc1cnc(Cl)c(Cl)c1)N1CCCC1. The van der Waals surface area contributed by atoms with E-state index in [1.54, 1.807) is 7.05 Å². The van der Waals surface area contributed by atoms with Gasteiger partial charge in [-0.2, -0.15) is 0 Å². The van der Waals surface area contributed by atoms with Crippen LogP contribution in [0.25, 0.3) is 0 Å². The number of rotatable bonds is 2. The largest absolute Gasteiger partial charge is 0.429 e. The van der Waals surface area contributed by atoms with Crippen LogP contribution >= 0.6 is 23.2 Å². The van der Waals surface area contributed by atoms with Crippen LogP contribution in [0.5, 0.6) is 5.75 Å². The zero-order valence-electron chi connectivity index (χ0n) is 9.90. The van der Waals surface area contributed by atoms with Gasteiger partial charge in [0.05, 0.1) is 11.2 Å². The highest BCUT2D eigenvalue weighted by Crippen LogP contribution is 2.24. The van der Waals surface area contributed by atoms with E-state index in [1.165, 1.54) is 17.3 Å². The van der Waals surface area contributed by atoms with Gasteiger partial charge in [0.2, 0.25) is 0 Å². The van der Waals surface area contributed by atoms with Crippen LogP contribution in [-0.2, 0) is 0 Å². The van der Waals surface area contributed by atoms with Crippen molar-refractivity contribution in [3.63, 3.8) is 0 Å². The molecule has 7 heteroatoms. The van der Waals surface area contributed by atoms with Crippen LogP contribution in [0.4, 0.5) is 4.79 Å². The molecule has 1 amide bonds. The summed E-state index contributed by atoms with van der Waals surface area (Å²) >= 11 is 11.5. The Morgan fingerprint density at radius 2 is 2.11 bits per heavy atom. The van der Waals surface area contributed by atoms with Gasteiger partial charge in [0.1, 0.15) is 5.15 Å². The van der Waals surface area contributed by atoms with Crippen LogP contribution < -0.4 is 4.74 Å². The zero-order chi connectivity index (χ0) is 13.1. The van der Waals surface area contributed by atoms with E-state index >= 15 is 0 Å². The molecule has 0 saturated carbocycles. The van der Waals surface area contributed by atoms with Gasteiger partial charge in [-0.25, -0.2) is 19.8 Å². The maximum absolute atomic E-state index is 11.9. The van der Waals surface area contributed by atoms with Crippen molar-refractivity contribution in [1.29, 1.82) is 0 Å². The second-order valence-corrected chi connectivity index (χ2v) is 4.76. The first-order valence-corrected chi connectivity index (χ1v) is 6.35.